The van der Waals surface area contributed by atoms with Gasteiger partial charge in [-0.15, -0.1) is 0 Å². The molecule has 1 fully saturated rings. The lowest BCUT2D eigenvalue weighted by Gasteiger charge is -2.39. The molecule has 0 aromatic heterocycles. The molecule has 4 nitrogen and oxygen atoms in total. The summed E-state index contributed by atoms with van der Waals surface area (Å²) in [5.74, 6) is -0.273. The summed E-state index contributed by atoms with van der Waals surface area (Å²) >= 11 is 3.48. The van der Waals surface area contributed by atoms with Gasteiger partial charge in [-0.3, -0.25) is 9.59 Å². The van der Waals surface area contributed by atoms with Gasteiger partial charge in [-0.05, 0) is 48.7 Å². The van der Waals surface area contributed by atoms with Crippen LogP contribution in [0.4, 0.5) is 11.4 Å². The number of carbonyl (C=O) groups excluding carboxylic acids is 2. The molecule has 2 unspecified atom stereocenters. The van der Waals surface area contributed by atoms with Gasteiger partial charge in [-0.25, -0.2) is 0 Å². The second-order valence-electron chi connectivity index (χ2n) is 8.60. The molecule has 5 heteroatoms. The Kier molecular flexibility index (Phi) is 5.60. The van der Waals surface area contributed by atoms with Crippen LogP contribution in [0.15, 0.2) is 83.3 Å². The van der Waals surface area contributed by atoms with Crippen LogP contribution in [-0.4, -0.2) is 11.7 Å². The Bertz CT molecular complexity index is 1150. The van der Waals surface area contributed by atoms with Crippen LogP contribution in [0.5, 0.6) is 0 Å². The number of hydrogen-bond donors (Lipinski definition) is 1. The van der Waals surface area contributed by atoms with E-state index in [1.807, 2.05) is 83.8 Å². The summed E-state index contributed by atoms with van der Waals surface area (Å²) in [4.78, 5) is 29.4. The molecule has 0 spiro atoms. The maximum atomic E-state index is 14.3. The van der Waals surface area contributed by atoms with E-state index in [-0.39, 0.29) is 11.7 Å². The molecule has 1 aliphatic carbocycles. The second-order valence-corrected chi connectivity index (χ2v) is 9.51. The molecule has 162 valence electrons. The maximum Gasteiger partial charge on any atom is 0.258 e. The molecule has 2 aliphatic rings. The van der Waals surface area contributed by atoms with Gasteiger partial charge in [0, 0.05) is 22.1 Å². The predicted octanol–water partition coefficient (Wildman–Crippen LogP) is 6.06. The Morgan fingerprint density at radius 3 is 2.38 bits per heavy atom. The van der Waals surface area contributed by atoms with Crippen molar-refractivity contribution in [1.82, 2.24) is 0 Å². The number of Topliss-reactive ketones (excluding diaryl/α,β-unsaturated/α-hetero) is 1. The molecule has 1 N–H and O–H groups in total. The third-order valence-corrected chi connectivity index (χ3v) is 7.18. The van der Waals surface area contributed by atoms with Crippen LogP contribution in [0, 0.1) is 5.92 Å². The Balaban J connectivity index is 1.65. The first-order valence-corrected chi connectivity index (χ1v) is 11.9. The van der Waals surface area contributed by atoms with Crippen LogP contribution in [0.2, 0.25) is 0 Å². The van der Waals surface area contributed by atoms with Gasteiger partial charge in [-0.2, -0.15) is 0 Å². The second kappa shape index (κ2) is 8.55. The minimum Gasteiger partial charge on any atom is -0.367 e. The van der Waals surface area contributed by atoms with Crippen LogP contribution in [0.25, 0.3) is 0 Å². The number of ketones is 1. The van der Waals surface area contributed by atoms with Gasteiger partial charge in [0.25, 0.3) is 5.91 Å². The summed E-state index contributed by atoms with van der Waals surface area (Å²) in [6.45, 7) is 0.474. The summed E-state index contributed by atoms with van der Waals surface area (Å²) < 4.78 is 0.967. The lowest BCUT2D eigenvalue weighted by molar-refractivity contribution is -0.134. The Morgan fingerprint density at radius 1 is 0.906 bits per heavy atom. The number of para-hydroxylation sites is 1. The number of anilines is 2. The number of benzene rings is 3. The first kappa shape index (κ1) is 21.0. The molecule has 1 heterocycles. The van der Waals surface area contributed by atoms with Crippen LogP contribution >= 0.6 is 15.9 Å². The summed E-state index contributed by atoms with van der Waals surface area (Å²) in [6.07, 6.45) is 3.09. The number of nitrogens with one attached hydrogen (secondary N) is 1. The summed E-state index contributed by atoms with van der Waals surface area (Å²) in [7, 11) is 0. The lowest BCUT2D eigenvalue weighted by atomic mass is 9.70. The van der Waals surface area contributed by atoms with Gasteiger partial charge in [0.2, 0.25) is 0 Å². The van der Waals surface area contributed by atoms with Crippen molar-refractivity contribution >= 4 is 39.0 Å². The van der Waals surface area contributed by atoms with Crippen LogP contribution in [-0.2, 0) is 21.7 Å². The van der Waals surface area contributed by atoms with E-state index in [2.05, 4.69) is 21.2 Å². The lowest BCUT2D eigenvalue weighted by Crippen LogP contribution is -2.54. The predicted molar refractivity (Wildman–Crippen MR) is 130 cm³/mol. The molecule has 1 aliphatic heterocycles. The van der Waals surface area contributed by atoms with E-state index in [0.717, 1.165) is 39.8 Å². The number of carbonyl (C=O) groups is 2. The van der Waals surface area contributed by atoms with Crippen molar-refractivity contribution < 1.29 is 9.59 Å². The molecule has 0 bridgehead atoms. The van der Waals surface area contributed by atoms with E-state index in [1.54, 1.807) is 0 Å². The first-order chi connectivity index (χ1) is 15.6. The van der Waals surface area contributed by atoms with Crippen molar-refractivity contribution in [2.75, 3.05) is 10.2 Å². The Labute approximate surface area is 196 Å². The molecule has 32 heavy (non-hydrogen) atoms. The maximum absolute atomic E-state index is 14.3. The van der Waals surface area contributed by atoms with Crippen molar-refractivity contribution in [1.29, 1.82) is 0 Å². The van der Waals surface area contributed by atoms with Crippen molar-refractivity contribution in [3.8, 4) is 0 Å². The molecule has 1 saturated carbocycles. The molecule has 5 rings (SSSR count). The quantitative estimate of drug-likeness (QED) is 0.474. The average molecular weight is 489 g/mol. The number of hydrogen-bond acceptors (Lipinski definition) is 3. The SMILES string of the molecule is O=C1CCCCC1C1(Nc2ccc(Br)cc2)C(=O)N(Cc2ccccc2)c2ccccc21. The molecule has 0 radical (unpaired) electrons. The fraction of sp³-hybridized carbons (Fsp3) is 0.259. The smallest absolute Gasteiger partial charge is 0.258 e. The average Bonchev–Trinajstić information content (AvgIpc) is 3.05. The molecule has 2 atom stereocenters. The summed E-state index contributed by atoms with van der Waals surface area (Å²) in [6, 6.07) is 25.7. The highest BCUT2D eigenvalue weighted by atomic mass is 79.9. The highest BCUT2D eigenvalue weighted by molar-refractivity contribution is 9.10. The summed E-state index contributed by atoms with van der Waals surface area (Å²) in [5.41, 5.74) is 2.56. The number of fused-ring (bicyclic) bond motifs is 1. The number of halogens is 1. The Hall–Kier alpha value is -2.92. The fourth-order valence-corrected chi connectivity index (χ4v) is 5.41. The van der Waals surface area contributed by atoms with Crippen molar-refractivity contribution in [2.24, 2.45) is 5.92 Å². The van der Waals surface area contributed by atoms with Gasteiger partial charge in [0.15, 0.2) is 5.54 Å². The largest absolute Gasteiger partial charge is 0.367 e. The fourth-order valence-electron chi connectivity index (χ4n) is 5.15. The number of nitrogens with zero attached hydrogens (tertiary/aromatic N) is 1. The van der Waals surface area contributed by atoms with Gasteiger partial charge in [0.1, 0.15) is 5.78 Å². The number of amides is 1. The minimum absolute atomic E-state index is 0.0503. The zero-order valence-corrected chi connectivity index (χ0v) is 19.3. The van der Waals surface area contributed by atoms with Crippen molar-refractivity contribution in [3.63, 3.8) is 0 Å². The van der Waals surface area contributed by atoms with E-state index < -0.39 is 11.5 Å². The third kappa shape index (κ3) is 3.55. The minimum atomic E-state index is -1.10. The van der Waals surface area contributed by atoms with Crippen molar-refractivity contribution in [2.45, 2.75) is 37.8 Å². The van der Waals surface area contributed by atoms with Crippen LogP contribution < -0.4 is 10.2 Å². The summed E-state index contributed by atoms with van der Waals surface area (Å²) in [5, 5.41) is 3.57. The van der Waals surface area contributed by atoms with Crippen LogP contribution in [0.3, 0.4) is 0 Å². The van der Waals surface area contributed by atoms with Gasteiger partial charge in [0.05, 0.1) is 18.2 Å². The third-order valence-electron chi connectivity index (χ3n) is 6.65. The van der Waals surface area contributed by atoms with E-state index >= 15 is 0 Å². The van der Waals surface area contributed by atoms with Gasteiger partial charge >= 0.3 is 0 Å². The zero-order chi connectivity index (χ0) is 22.1. The number of rotatable bonds is 5. The normalized spacial score (nSPS) is 22.7. The molecule has 0 saturated heterocycles. The van der Waals surface area contributed by atoms with E-state index in [0.29, 0.717) is 19.4 Å². The molecule has 1 amide bonds. The van der Waals surface area contributed by atoms with Crippen LogP contribution in [0.1, 0.15) is 36.8 Å². The topological polar surface area (TPSA) is 49.4 Å². The molecular formula is C27H25BrN2O2. The van der Waals surface area contributed by atoms with E-state index in [4.69, 9.17) is 0 Å². The highest BCUT2D eigenvalue weighted by Crippen LogP contribution is 2.50. The van der Waals surface area contributed by atoms with Crippen molar-refractivity contribution in [3.05, 3.63) is 94.5 Å². The van der Waals surface area contributed by atoms with E-state index in [1.165, 1.54) is 0 Å². The monoisotopic (exact) mass is 488 g/mol. The van der Waals surface area contributed by atoms with E-state index in [9.17, 15) is 9.59 Å². The molecular weight excluding hydrogens is 464 g/mol. The Morgan fingerprint density at radius 2 is 1.62 bits per heavy atom. The molecule has 3 aromatic carbocycles. The zero-order valence-electron chi connectivity index (χ0n) is 17.8. The standard InChI is InChI=1S/C27H25BrN2O2/c28-20-14-16-21(17-15-20)29-27(23-11-5-7-13-25(23)31)22-10-4-6-12-24(22)30(26(27)32)18-19-8-2-1-3-9-19/h1-4,6,8-10,12,14-17,23,29H,5,7,11,13,18H2. The highest BCUT2D eigenvalue weighted by Gasteiger charge is 2.57. The van der Waals surface area contributed by atoms with Gasteiger partial charge < -0.3 is 10.2 Å². The first-order valence-electron chi connectivity index (χ1n) is 11.1. The molecule has 3 aromatic rings. The van der Waals surface area contributed by atoms with Gasteiger partial charge in [-0.1, -0.05) is 70.9 Å².